The largest absolute Gasteiger partial charge is 0.504 e. The zero-order valence-corrected chi connectivity index (χ0v) is 18.4. The Morgan fingerprint density at radius 1 is 1.09 bits per heavy atom. The first-order valence-electron chi connectivity index (χ1n) is 11.0. The first-order valence-corrected chi connectivity index (χ1v) is 11.0. The molecule has 1 saturated heterocycles. The highest BCUT2D eigenvalue weighted by Crippen LogP contribution is 2.30. The van der Waals surface area contributed by atoms with Gasteiger partial charge in [-0.05, 0) is 43.0 Å². The summed E-state index contributed by atoms with van der Waals surface area (Å²) in [6.07, 6.45) is -3.42. The molecule has 11 heteroatoms. The van der Waals surface area contributed by atoms with Crippen LogP contribution in [0.1, 0.15) is 37.7 Å². The van der Waals surface area contributed by atoms with Gasteiger partial charge < -0.3 is 44.8 Å². The van der Waals surface area contributed by atoms with Crippen LogP contribution in [0.5, 0.6) is 11.5 Å². The van der Waals surface area contributed by atoms with Gasteiger partial charge in [-0.3, -0.25) is 4.79 Å². The topological polar surface area (TPSA) is 183 Å². The second-order valence-electron chi connectivity index (χ2n) is 8.61. The number of ketones is 1. The highest BCUT2D eigenvalue weighted by Gasteiger charge is 2.45. The maximum Gasteiger partial charge on any atom is 0.330 e. The molecule has 0 radical (unpaired) electrons. The first kappa shape index (κ1) is 26.1. The highest BCUT2D eigenvalue weighted by atomic mass is 16.7. The molecular formula is C23H30O11. The van der Waals surface area contributed by atoms with Gasteiger partial charge in [0.25, 0.3) is 0 Å². The molecule has 6 N–H and O–H groups in total. The minimum Gasteiger partial charge on any atom is -0.504 e. The van der Waals surface area contributed by atoms with E-state index in [1.54, 1.807) is 0 Å². The quantitative estimate of drug-likeness (QED) is 0.163. The maximum atomic E-state index is 12.0. The van der Waals surface area contributed by atoms with Crippen molar-refractivity contribution < 1.29 is 54.4 Å². The standard InChI is InChI=1S/C23H30O11/c24-14-5-7-23(31,8-6-14)9-10-32-22-21(30)20(29)19(28)17(34-22)12-33-18(27)4-2-13-1-3-15(25)16(26)11-13/h1-4,11,17,19-22,25-26,28-31H,5-10,12H2. The van der Waals surface area contributed by atoms with Crippen LogP contribution in [-0.4, -0.2) is 91.9 Å². The molecule has 2 fully saturated rings. The van der Waals surface area contributed by atoms with Crippen LogP contribution < -0.4 is 0 Å². The Kier molecular flexibility index (Phi) is 8.63. The van der Waals surface area contributed by atoms with Crippen molar-refractivity contribution in [3.05, 3.63) is 29.8 Å². The SMILES string of the molecule is O=C1CCC(O)(CCOC2OC(COC(=O)C=Cc3ccc(O)c(O)c3)C(O)C(O)C2O)CC1. The third-order valence-corrected chi connectivity index (χ3v) is 6.06. The van der Waals surface area contributed by atoms with E-state index in [1.807, 2.05) is 0 Å². The Balaban J connectivity index is 1.49. The molecule has 11 nitrogen and oxygen atoms in total. The van der Waals surface area contributed by atoms with Crippen LogP contribution in [0.2, 0.25) is 0 Å². The molecule has 188 valence electrons. The molecule has 3 rings (SSSR count). The van der Waals surface area contributed by atoms with Gasteiger partial charge in [0.05, 0.1) is 12.2 Å². The molecule has 0 spiro atoms. The highest BCUT2D eigenvalue weighted by molar-refractivity contribution is 5.87. The second-order valence-corrected chi connectivity index (χ2v) is 8.61. The lowest BCUT2D eigenvalue weighted by Crippen LogP contribution is -2.59. The lowest BCUT2D eigenvalue weighted by molar-refractivity contribution is -0.303. The van der Waals surface area contributed by atoms with Gasteiger partial charge in [-0.2, -0.15) is 0 Å². The van der Waals surface area contributed by atoms with Crippen molar-refractivity contribution in [1.29, 1.82) is 0 Å². The zero-order chi connectivity index (χ0) is 24.9. The number of hydrogen-bond acceptors (Lipinski definition) is 11. The van der Waals surface area contributed by atoms with E-state index < -0.39 is 48.9 Å². The van der Waals surface area contributed by atoms with Crippen molar-refractivity contribution in [1.82, 2.24) is 0 Å². The van der Waals surface area contributed by atoms with E-state index in [-0.39, 0.29) is 30.3 Å². The van der Waals surface area contributed by atoms with Crippen molar-refractivity contribution in [2.45, 2.75) is 68.4 Å². The van der Waals surface area contributed by atoms with Gasteiger partial charge >= 0.3 is 5.97 Å². The van der Waals surface area contributed by atoms with E-state index >= 15 is 0 Å². The number of phenolic OH excluding ortho intramolecular Hbond substituents is 2. The summed E-state index contributed by atoms with van der Waals surface area (Å²) in [7, 11) is 0. The Morgan fingerprint density at radius 3 is 2.47 bits per heavy atom. The fourth-order valence-corrected chi connectivity index (χ4v) is 3.82. The van der Waals surface area contributed by atoms with E-state index in [9.17, 15) is 40.2 Å². The molecule has 0 amide bonds. The molecule has 1 saturated carbocycles. The Bertz CT molecular complexity index is 889. The third-order valence-electron chi connectivity index (χ3n) is 6.06. The molecule has 0 bridgehead atoms. The number of Topliss-reactive ketones (excluding diaryl/α,β-unsaturated/α-hetero) is 1. The van der Waals surface area contributed by atoms with Gasteiger partial charge in [0.2, 0.25) is 0 Å². The van der Waals surface area contributed by atoms with Crippen LogP contribution in [0.25, 0.3) is 6.08 Å². The summed E-state index contributed by atoms with van der Waals surface area (Å²) in [5, 5.41) is 59.8. The second kappa shape index (κ2) is 11.3. The number of aromatic hydroxyl groups is 2. The number of carbonyl (C=O) groups excluding carboxylic acids is 2. The van der Waals surface area contributed by atoms with Gasteiger partial charge in [-0.15, -0.1) is 0 Å². The van der Waals surface area contributed by atoms with E-state index in [4.69, 9.17) is 14.2 Å². The number of phenols is 2. The lowest BCUT2D eigenvalue weighted by Gasteiger charge is -2.40. The number of hydrogen-bond donors (Lipinski definition) is 6. The molecule has 34 heavy (non-hydrogen) atoms. The van der Waals surface area contributed by atoms with Crippen molar-refractivity contribution in [3.8, 4) is 11.5 Å². The van der Waals surface area contributed by atoms with Crippen LogP contribution in [0.15, 0.2) is 24.3 Å². The monoisotopic (exact) mass is 482 g/mol. The summed E-state index contributed by atoms with van der Waals surface area (Å²) < 4.78 is 16.0. The van der Waals surface area contributed by atoms with Gasteiger partial charge in [-0.25, -0.2) is 4.79 Å². The number of ether oxygens (including phenoxy) is 3. The summed E-state index contributed by atoms with van der Waals surface area (Å²) in [5.74, 6) is -1.35. The molecule has 5 unspecified atom stereocenters. The van der Waals surface area contributed by atoms with Crippen molar-refractivity contribution in [3.63, 3.8) is 0 Å². The van der Waals surface area contributed by atoms with E-state index in [2.05, 4.69) is 0 Å². The average molecular weight is 482 g/mol. The number of aliphatic hydroxyl groups is 4. The number of esters is 1. The van der Waals surface area contributed by atoms with E-state index in [1.165, 1.54) is 24.3 Å². The molecule has 5 atom stereocenters. The number of carbonyl (C=O) groups is 2. The smallest absolute Gasteiger partial charge is 0.330 e. The van der Waals surface area contributed by atoms with Gasteiger partial charge in [0, 0.05) is 18.9 Å². The molecule has 1 heterocycles. The fourth-order valence-electron chi connectivity index (χ4n) is 3.82. The summed E-state index contributed by atoms with van der Waals surface area (Å²) in [6, 6.07) is 3.97. The van der Waals surface area contributed by atoms with Gasteiger partial charge in [-0.1, -0.05) is 6.07 Å². The molecule has 1 aromatic carbocycles. The number of rotatable bonds is 8. The Labute approximate surface area is 195 Å². The normalized spacial score (nSPS) is 29.3. The summed E-state index contributed by atoms with van der Waals surface area (Å²) >= 11 is 0. The minimum absolute atomic E-state index is 0.0239. The van der Waals surface area contributed by atoms with Crippen molar-refractivity contribution in [2.75, 3.05) is 13.2 Å². The lowest BCUT2D eigenvalue weighted by atomic mass is 9.82. The third kappa shape index (κ3) is 6.75. The van der Waals surface area contributed by atoms with Crippen LogP contribution in [0.4, 0.5) is 0 Å². The van der Waals surface area contributed by atoms with Gasteiger partial charge in [0.15, 0.2) is 17.8 Å². The zero-order valence-electron chi connectivity index (χ0n) is 18.4. The minimum atomic E-state index is -1.62. The van der Waals surface area contributed by atoms with E-state index in [0.717, 1.165) is 6.08 Å². The average Bonchev–Trinajstić information content (AvgIpc) is 2.81. The summed E-state index contributed by atoms with van der Waals surface area (Å²) in [4.78, 5) is 23.4. The Morgan fingerprint density at radius 2 is 1.79 bits per heavy atom. The molecule has 0 aromatic heterocycles. The molecular weight excluding hydrogens is 452 g/mol. The van der Waals surface area contributed by atoms with Crippen LogP contribution in [0.3, 0.4) is 0 Å². The molecule has 1 aliphatic heterocycles. The van der Waals surface area contributed by atoms with Crippen LogP contribution in [-0.2, 0) is 23.8 Å². The van der Waals surface area contributed by atoms with Crippen molar-refractivity contribution >= 4 is 17.8 Å². The Hall–Kier alpha value is -2.54. The number of benzene rings is 1. The fraction of sp³-hybridized carbons (Fsp3) is 0.565. The van der Waals surface area contributed by atoms with Crippen LogP contribution in [0, 0.1) is 0 Å². The first-order chi connectivity index (χ1) is 16.1. The predicted molar refractivity (Wildman–Crippen MR) is 115 cm³/mol. The van der Waals surface area contributed by atoms with Crippen molar-refractivity contribution in [2.24, 2.45) is 0 Å². The van der Waals surface area contributed by atoms with Crippen LogP contribution >= 0.6 is 0 Å². The summed E-state index contributed by atoms with van der Waals surface area (Å²) in [6.45, 7) is -0.467. The molecule has 1 aromatic rings. The molecule has 2 aliphatic rings. The maximum absolute atomic E-state index is 12.0. The predicted octanol–water partition coefficient (Wildman–Crippen LogP) is -0.257. The summed E-state index contributed by atoms with van der Waals surface area (Å²) in [5.41, 5.74) is -0.626. The van der Waals surface area contributed by atoms with E-state index in [0.29, 0.717) is 31.2 Å². The van der Waals surface area contributed by atoms with Gasteiger partial charge in [0.1, 0.15) is 36.8 Å². The molecule has 1 aliphatic carbocycles. The number of aliphatic hydroxyl groups excluding tert-OH is 3.